The van der Waals surface area contributed by atoms with Crippen molar-refractivity contribution >= 4 is 12.4 Å². The molecule has 0 bridgehead atoms. The largest absolute Gasteiger partial charge is 0.395 e. The summed E-state index contributed by atoms with van der Waals surface area (Å²) in [6.07, 6.45) is 0.868. The van der Waals surface area contributed by atoms with Crippen molar-refractivity contribution in [2.24, 2.45) is 5.84 Å². The maximum Gasteiger partial charge on any atom is 0.0598 e. The molecule has 4 heteroatoms. The van der Waals surface area contributed by atoms with Crippen LogP contribution in [0.4, 0.5) is 0 Å². The topological polar surface area (TPSA) is 58.3 Å². The van der Waals surface area contributed by atoms with Gasteiger partial charge in [0.25, 0.3) is 0 Å². The molecular formula is C4H13ClN2O. The third-order valence-corrected chi connectivity index (χ3v) is 0.949. The van der Waals surface area contributed by atoms with Gasteiger partial charge >= 0.3 is 0 Å². The fraction of sp³-hybridized carbons (Fsp3) is 1.00. The Morgan fingerprint density at radius 3 is 2.25 bits per heavy atom. The zero-order valence-corrected chi connectivity index (χ0v) is 5.74. The van der Waals surface area contributed by atoms with Gasteiger partial charge < -0.3 is 5.11 Å². The van der Waals surface area contributed by atoms with E-state index in [1.807, 2.05) is 6.92 Å². The van der Waals surface area contributed by atoms with Crippen molar-refractivity contribution in [2.75, 3.05) is 6.61 Å². The molecule has 8 heavy (non-hydrogen) atoms. The highest BCUT2D eigenvalue weighted by molar-refractivity contribution is 5.85. The van der Waals surface area contributed by atoms with Crippen molar-refractivity contribution in [3.63, 3.8) is 0 Å². The van der Waals surface area contributed by atoms with Crippen LogP contribution < -0.4 is 11.3 Å². The van der Waals surface area contributed by atoms with Crippen LogP contribution in [0.25, 0.3) is 0 Å². The fourth-order valence-corrected chi connectivity index (χ4v) is 0.300. The molecule has 0 saturated heterocycles. The summed E-state index contributed by atoms with van der Waals surface area (Å²) in [5.41, 5.74) is 2.45. The molecule has 0 spiro atoms. The zero-order valence-electron chi connectivity index (χ0n) is 4.92. The molecule has 0 aliphatic heterocycles. The van der Waals surface area contributed by atoms with Gasteiger partial charge in [0.1, 0.15) is 0 Å². The monoisotopic (exact) mass is 140 g/mol. The van der Waals surface area contributed by atoms with Gasteiger partial charge in [0.2, 0.25) is 0 Å². The second-order valence-electron chi connectivity index (χ2n) is 1.45. The predicted molar refractivity (Wildman–Crippen MR) is 35.7 cm³/mol. The Bertz CT molecular complexity index is 35.5. The first-order valence-electron chi connectivity index (χ1n) is 2.42. The SMILES string of the molecule is CC[C@@H](CO)NN.Cl. The summed E-state index contributed by atoms with van der Waals surface area (Å²) in [7, 11) is 0. The summed E-state index contributed by atoms with van der Waals surface area (Å²) < 4.78 is 0. The van der Waals surface area contributed by atoms with Gasteiger partial charge in [-0.25, -0.2) is 0 Å². The first-order chi connectivity index (χ1) is 3.35. The van der Waals surface area contributed by atoms with Crippen LogP contribution in [0.2, 0.25) is 0 Å². The van der Waals surface area contributed by atoms with Crippen LogP contribution in [0, 0.1) is 0 Å². The Kier molecular flexibility index (Phi) is 9.89. The highest BCUT2D eigenvalue weighted by atomic mass is 35.5. The third kappa shape index (κ3) is 4.33. The number of nitrogens with two attached hydrogens (primary N) is 1. The lowest BCUT2D eigenvalue weighted by atomic mass is 10.3. The van der Waals surface area contributed by atoms with Crippen molar-refractivity contribution in [1.82, 2.24) is 5.43 Å². The number of hydrogen-bond acceptors (Lipinski definition) is 3. The molecule has 0 aromatic carbocycles. The summed E-state index contributed by atoms with van der Waals surface area (Å²) in [6.45, 7) is 2.08. The number of rotatable bonds is 3. The number of hydrazine groups is 1. The molecule has 0 aromatic heterocycles. The molecule has 4 N–H and O–H groups in total. The smallest absolute Gasteiger partial charge is 0.0598 e. The van der Waals surface area contributed by atoms with Gasteiger partial charge in [0.15, 0.2) is 0 Å². The summed E-state index contributed by atoms with van der Waals surface area (Å²) in [6, 6.07) is 0.0694. The van der Waals surface area contributed by atoms with Crippen molar-refractivity contribution in [3.05, 3.63) is 0 Å². The van der Waals surface area contributed by atoms with Crippen molar-refractivity contribution in [1.29, 1.82) is 0 Å². The molecule has 0 aliphatic carbocycles. The molecule has 0 amide bonds. The number of nitrogens with one attached hydrogen (secondary N) is 1. The van der Waals surface area contributed by atoms with Crippen molar-refractivity contribution in [3.8, 4) is 0 Å². The Labute approximate surface area is 55.6 Å². The van der Waals surface area contributed by atoms with Crippen LogP contribution in [-0.4, -0.2) is 17.8 Å². The molecule has 0 heterocycles. The maximum atomic E-state index is 8.38. The lowest BCUT2D eigenvalue weighted by Crippen LogP contribution is -2.37. The standard InChI is InChI=1S/C4H12N2O.ClH/c1-2-4(3-7)6-5;/h4,6-7H,2-3,5H2,1H3;1H/t4-;/m0./s1. The third-order valence-electron chi connectivity index (χ3n) is 0.949. The Hall–Kier alpha value is 0.170. The lowest BCUT2D eigenvalue weighted by molar-refractivity contribution is 0.240. The number of aliphatic hydroxyl groups is 1. The van der Waals surface area contributed by atoms with E-state index in [1.165, 1.54) is 0 Å². The second-order valence-corrected chi connectivity index (χ2v) is 1.45. The summed E-state index contributed by atoms with van der Waals surface area (Å²) in [5.74, 6) is 4.98. The van der Waals surface area contributed by atoms with Gasteiger partial charge in [-0.3, -0.25) is 11.3 Å². The van der Waals surface area contributed by atoms with E-state index in [0.717, 1.165) is 6.42 Å². The zero-order chi connectivity index (χ0) is 5.70. The van der Waals surface area contributed by atoms with E-state index in [4.69, 9.17) is 10.9 Å². The molecule has 0 saturated carbocycles. The Balaban J connectivity index is 0. The van der Waals surface area contributed by atoms with E-state index < -0.39 is 0 Å². The quantitative estimate of drug-likeness (QED) is 0.371. The molecule has 52 valence electrons. The summed E-state index contributed by atoms with van der Waals surface area (Å²) >= 11 is 0. The molecule has 0 aliphatic rings. The molecule has 0 radical (unpaired) electrons. The van der Waals surface area contributed by atoms with E-state index in [0.29, 0.717) is 0 Å². The molecular weight excluding hydrogens is 128 g/mol. The average molecular weight is 141 g/mol. The molecule has 0 rings (SSSR count). The van der Waals surface area contributed by atoms with Gasteiger partial charge in [0.05, 0.1) is 6.61 Å². The van der Waals surface area contributed by atoms with E-state index in [1.54, 1.807) is 0 Å². The van der Waals surface area contributed by atoms with E-state index in [-0.39, 0.29) is 25.1 Å². The minimum absolute atomic E-state index is 0. The van der Waals surface area contributed by atoms with Gasteiger partial charge in [-0.15, -0.1) is 12.4 Å². The summed E-state index contributed by atoms with van der Waals surface area (Å²) in [5, 5.41) is 8.38. The predicted octanol–water partition coefficient (Wildman–Crippen LogP) is -0.358. The van der Waals surface area contributed by atoms with E-state index in [2.05, 4.69) is 5.43 Å². The van der Waals surface area contributed by atoms with Gasteiger partial charge in [-0.1, -0.05) is 6.92 Å². The highest BCUT2D eigenvalue weighted by Crippen LogP contribution is 1.82. The Morgan fingerprint density at radius 1 is 1.75 bits per heavy atom. The average Bonchev–Trinajstić information content (AvgIpc) is 1.72. The number of hydrogen-bond donors (Lipinski definition) is 3. The van der Waals surface area contributed by atoms with Crippen LogP contribution in [-0.2, 0) is 0 Å². The minimum atomic E-state index is 0. The van der Waals surface area contributed by atoms with Crippen LogP contribution in [0.5, 0.6) is 0 Å². The molecule has 3 nitrogen and oxygen atoms in total. The number of aliphatic hydroxyl groups excluding tert-OH is 1. The van der Waals surface area contributed by atoms with Crippen molar-refractivity contribution < 1.29 is 5.11 Å². The van der Waals surface area contributed by atoms with E-state index in [9.17, 15) is 0 Å². The normalized spacial score (nSPS) is 12.4. The second kappa shape index (κ2) is 7.17. The molecule has 0 fully saturated rings. The van der Waals surface area contributed by atoms with Gasteiger partial charge in [-0.2, -0.15) is 0 Å². The van der Waals surface area contributed by atoms with Crippen molar-refractivity contribution in [2.45, 2.75) is 19.4 Å². The highest BCUT2D eigenvalue weighted by Gasteiger charge is 1.96. The van der Waals surface area contributed by atoms with Crippen LogP contribution in [0.3, 0.4) is 0 Å². The van der Waals surface area contributed by atoms with Gasteiger partial charge in [-0.05, 0) is 6.42 Å². The first-order valence-corrected chi connectivity index (χ1v) is 2.42. The Morgan fingerprint density at radius 2 is 2.25 bits per heavy atom. The van der Waals surface area contributed by atoms with Crippen LogP contribution in [0.1, 0.15) is 13.3 Å². The van der Waals surface area contributed by atoms with Crippen LogP contribution >= 0.6 is 12.4 Å². The number of halogens is 1. The first kappa shape index (κ1) is 11.0. The van der Waals surface area contributed by atoms with E-state index >= 15 is 0 Å². The van der Waals surface area contributed by atoms with Crippen LogP contribution in [0.15, 0.2) is 0 Å². The lowest BCUT2D eigenvalue weighted by Gasteiger charge is -2.06. The maximum absolute atomic E-state index is 8.38. The molecule has 1 atom stereocenters. The minimum Gasteiger partial charge on any atom is -0.395 e. The molecule has 0 aromatic rings. The fourth-order valence-electron chi connectivity index (χ4n) is 0.300. The molecule has 0 unspecified atom stereocenters. The summed E-state index contributed by atoms with van der Waals surface area (Å²) in [4.78, 5) is 0. The van der Waals surface area contributed by atoms with Gasteiger partial charge in [0, 0.05) is 6.04 Å².